The molecule has 1 aromatic heterocycles. The predicted molar refractivity (Wildman–Crippen MR) is 202 cm³/mol. The lowest BCUT2D eigenvalue weighted by molar-refractivity contribution is 0.670. The van der Waals surface area contributed by atoms with E-state index in [1.165, 1.54) is 33.0 Å². The SMILES string of the molecule is c1ccc(-c2ccc(N(c3ccc(-c4ccc5ccccc5c4)cc3)c3ccc4c(c3)oc3c(-c5ccccc5)cccc34)cc2)cc1. The lowest BCUT2D eigenvalue weighted by atomic mass is 10.0. The van der Waals surface area contributed by atoms with Gasteiger partial charge in [-0.25, -0.2) is 0 Å². The Kier molecular flexibility index (Phi) is 6.84. The van der Waals surface area contributed by atoms with Gasteiger partial charge in [0.25, 0.3) is 0 Å². The minimum atomic E-state index is 0.865. The number of fused-ring (bicyclic) bond motifs is 4. The molecule has 0 N–H and O–H groups in total. The first-order valence-electron chi connectivity index (χ1n) is 16.3. The van der Waals surface area contributed by atoms with Crippen LogP contribution in [0.25, 0.3) is 66.1 Å². The molecule has 1 heterocycles. The minimum Gasteiger partial charge on any atom is -0.455 e. The summed E-state index contributed by atoms with van der Waals surface area (Å²) >= 11 is 0. The van der Waals surface area contributed by atoms with Gasteiger partial charge in [-0.15, -0.1) is 0 Å². The maximum absolute atomic E-state index is 6.66. The van der Waals surface area contributed by atoms with Crippen LogP contribution in [0.5, 0.6) is 0 Å². The molecule has 226 valence electrons. The highest BCUT2D eigenvalue weighted by atomic mass is 16.3. The van der Waals surface area contributed by atoms with E-state index in [0.29, 0.717) is 0 Å². The van der Waals surface area contributed by atoms with Crippen LogP contribution in [0.1, 0.15) is 0 Å². The van der Waals surface area contributed by atoms with Crippen molar-refractivity contribution in [3.8, 4) is 33.4 Å². The summed E-state index contributed by atoms with van der Waals surface area (Å²) in [5.41, 5.74) is 12.0. The Balaban J connectivity index is 1.15. The van der Waals surface area contributed by atoms with Crippen molar-refractivity contribution in [2.75, 3.05) is 4.90 Å². The fourth-order valence-electron chi connectivity index (χ4n) is 6.82. The van der Waals surface area contributed by atoms with E-state index in [9.17, 15) is 0 Å². The molecule has 0 fully saturated rings. The summed E-state index contributed by atoms with van der Waals surface area (Å²) in [4.78, 5) is 2.31. The zero-order valence-corrected chi connectivity index (χ0v) is 26.3. The average Bonchev–Trinajstić information content (AvgIpc) is 3.54. The highest BCUT2D eigenvalue weighted by molar-refractivity contribution is 6.10. The van der Waals surface area contributed by atoms with Crippen LogP contribution in [0.2, 0.25) is 0 Å². The van der Waals surface area contributed by atoms with E-state index in [-0.39, 0.29) is 0 Å². The van der Waals surface area contributed by atoms with Crippen molar-refractivity contribution in [1.29, 1.82) is 0 Å². The van der Waals surface area contributed by atoms with Gasteiger partial charge in [0.15, 0.2) is 0 Å². The van der Waals surface area contributed by atoms with Crippen molar-refractivity contribution in [3.63, 3.8) is 0 Å². The molecule has 48 heavy (non-hydrogen) atoms. The van der Waals surface area contributed by atoms with Crippen molar-refractivity contribution in [2.45, 2.75) is 0 Å². The Bertz CT molecular complexity index is 2530. The third kappa shape index (κ3) is 5.01. The molecule has 0 radical (unpaired) electrons. The molecule has 2 heteroatoms. The smallest absolute Gasteiger partial charge is 0.143 e. The monoisotopic (exact) mass is 613 g/mol. The van der Waals surface area contributed by atoms with E-state index in [2.05, 4.69) is 187 Å². The summed E-state index contributed by atoms with van der Waals surface area (Å²) in [5, 5.41) is 4.72. The molecule has 0 saturated carbocycles. The summed E-state index contributed by atoms with van der Waals surface area (Å²) in [6, 6.07) is 66.8. The molecular formula is C46H31NO. The number of anilines is 3. The van der Waals surface area contributed by atoms with Crippen molar-refractivity contribution < 1.29 is 4.42 Å². The maximum atomic E-state index is 6.66. The zero-order chi connectivity index (χ0) is 31.9. The van der Waals surface area contributed by atoms with Gasteiger partial charge in [0.1, 0.15) is 11.2 Å². The molecule has 9 rings (SSSR count). The Hall–Kier alpha value is -6.38. The maximum Gasteiger partial charge on any atom is 0.143 e. The molecule has 9 aromatic rings. The quantitative estimate of drug-likeness (QED) is 0.185. The zero-order valence-electron chi connectivity index (χ0n) is 26.3. The van der Waals surface area contributed by atoms with Gasteiger partial charge in [-0.1, -0.05) is 140 Å². The molecule has 0 spiro atoms. The van der Waals surface area contributed by atoms with Gasteiger partial charge in [-0.05, 0) is 81.1 Å². The minimum absolute atomic E-state index is 0.865. The fourth-order valence-corrected chi connectivity index (χ4v) is 6.82. The van der Waals surface area contributed by atoms with E-state index >= 15 is 0 Å². The number of hydrogen-bond acceptors (Lipinski definition) is 2. The summed E-state index contributed by atoms with van der Waals surface area (Å²) in [6.07, 6.45) is 0. The van der Waals surface area contributed by atoms with Crippen LogP contribution in [-0.2, 0) is 0 Å². The van der Waals surface area contributed by atoms with Crippen molar-refractivity contribution in [3.05, 3.63) is 188 Å². The van der Waals surface area contributed by atoms with Gasteiger partial charge >= 0.3 is 0 Å². The van der Waals surface area contributed by atoms with Crippen LogP contribution >= 0.6 is 0 Å². The molecule has 0 saturated heterocycles. The molecule has 0 aliphatic rings. The Morgan fingerprint density at radius 2 is 0.896 bits per heavy atom. The number of furan rings is 1. The lowest BCUT2D eigenvalue weighted by Gasteiger charge is -2.26. The predicted octanol–water partition coefficient (Wildman–Crippen LogP) is 13.2. The second kappa shape index (κ2) is 11.8. The third-order valence-electron chi connectivity index (χ3n) is 9.27. The molecular weight excluding hydrogens is 583 g/mol. The Morgan fingerprint density at radius 3 is 1.60 bits per heavy atom. The number of benzene rings is 8. The number of para-hydroxylation sites is 1. The molecule has 0 aliphatic heterocycles. The number of hydrogen-bond donors (Lipinski definition) is 0. The van der Waals surface area contributed by atoms with E-state index < -0.39 is 0 Å². The van der Waals surface area contributed by atoms with Gasteiger partial charge in [0.05, 0.1) is 0 Å². The molecule has 8 aromatic carbocycles. The molecule has 0 aliphatic carbocycles. The molecule has 0 bridgehead atoms. The molecule has 0 atom stereocenters. The summed E-state index contributed by atoms with van der Waals surface area (Å²) < 4.78 is 6.66. The highest BCUT2D eigenvalue weighted by Crippen LogP contribution is 2.41. The van der Waals surface area contributed by atoms with Crippen molar-refractivity contribution in [1.82, 2.24) is 0 Å². The number of rotatable bonds is 6. The second-order valence-corrected chi connectivity index (χ2v) is 12.2. The number of nitrogens with zero attached hydrogens (tertiary/aromatic N) is 1. The van der Waals surface area contributed by atoms with E-state index in [1.54, 1.807) is 0 Å². The highest BCUT2D eigenvalue weighted by Gasteiger charge is 2.17. The van der Waals surface area contributed by atoms with Crippen LogP contribution in [0.15, 0.2) is 192 Å². The van der Waals surface area contributed by atoms with Gasteiger partial charge < -0.3 is 9.32 Å². The van der Waals surface area contributed by atoms with E-state index in [0.717, 1.165) is 50.1 Å². The standard InChI is InChI=1S/C46H31NO/c1-3-10-32(11-4-1)34-20-24-39(25-21-34)47(40-26-22-35(23-27-40)38-19-18-33-12-7-8-15-37(33)30-38)41-28-29-43-44-17-9-16-42(36-13-5-2-6-14-36)46(44)48-45(43)31-41/h1-31H. The molecule has 0 amide bonds. The van der Waals surface area contributed by atoms with Crippen LogP contribution in [0.4, 0.5) is 17.1 Å². The van der Waals surface area contributed by atoms with Gasteiger partial charge in [-0.2, -0.15) is 0 Å². The van der Waals surface area contributed by atoms with Crippen LogP contribution in [0, 0.1) is 0 Å². The summed E-state index contributed by atoms with van der Waals surface area (Å²) in [5.74, 6) is 0. The summed E-state index contributed by atoms with van der Waals surface area (Å²) in [6.45, 7) is 0. The average molecular weight is 614 g/mol. The van der Waals surface area contributed by atoms with Crippen LogP contribution in [0.3, 0.4) is 0 Å². The second-order valence-electron chi connectivity index (χ2n) is 12.2. The largest absolute Gasteiger partial charge is 0.455 e. The fraction of sp³-hybridized carbons (Fsp3) is 0. The Labute approximate surface area is 279 Å². The first-order valence-corrected chi connectivity index (χ1v) is 16.3. The molecule has 2 nitrogen and oxygen atoms in total. The lowest BCUT2D eigenvalue weighted by Crippen LogP contribution is -2.09. The third-order valence-corrected chi connectivity index (χ3v) is 9.27. The van der Waals surface area contributed by atoms with E-state index in [1.807, 2.05) is 6.07 Å². The van der Waals surface area contributed by atoms with Gasteiger partial charge in [0, 0.05) is 39.5 Å². The van der Waals surface area contributed by atoms with Gasteiger partial charge in [-0.3, -0.25) is 0 Å². The first kappa shape index (κ1) is 27.9. The van der Waals surface area contributed by atoms with Crippen molar-refractivity contribution >= 4 is 49.8 Å². The van der Waals surface area contributed by atoms with Crippen LogP contribution < -0.4 is 4.90 Å². The van der Waals surface area contributed by atoms with Crippen molar-refractivity contribution in [2.24, 2.45) is 0 Å². The summed E-state index contributed by atoms with van der Waals surface area (Å²) in [7, 11) is 0. The Morgan fingerprint density at radius 1 is 0.333 bits per heavy atom. The van der Waals surface area contributed by atoms with E-state index in [4.69, 9.17) is 4.42 Å². The topological polar surface area (TPSA) is 16.4 Å². The normalized spacial score (nSPS) is 11.3. The van der Waals surface area contributed by atoms with Crippen LogP contribution in [-0.4, -0.2) is 0 Å². The van der Waals surface area contributed by atoms with Gasteiger partial charge in [0.2, 0.25) is 0 Å². The molecule has 0 unspecified atom stereocenters. The first-order chi connectivity index (χ1) is 23.8.